The van der Waals surface area contributed by atoms with Crippen molar-refractivity contribution in [3.05, 3.63) is 28.8 Å². The van der Waals surface area contributed by atoms with Crippen molar-refractivity contribution in [2.75, 3.05) is 24.1 Å². The van der Waals surface area contributed by atoms with Gasteiger partial charge in [0.2, 0.25) is 10.0 Å². The molecule has 0 saturated heterocycles. The van der Waals surface area contributed by atoms with Crippen LogP contribution in [-0.4, -0.2) is 27.8 Å². The van der Waals surface area contributed by atoms with E-state index < -0.39 is 27.3 Å². The number of hydrogen-bond acceptors (Lipinski definition) is 3. The molecule has 1 aromatic rings. The summed E-state index contributed by atoms with van der Waals surface area (Å²) in [5, 5.41) is 2.58. The highest BCUT2D eigenvalue weighted by Crippen LogP contribution is 2.27. The Kier molecular flexibility index (Phi) is 5.96. The van der Waals surface area contributed by atoms with Crippen molar-refractivity contribution in [2.24, 2.45) is 0 Å². The number of unbranched alkanes of at least 4 members (excludes halogenated alkanes) is 1. The van der Waals surface area contributed by atoms with E-state index in [4.69, 9.17) is 11.6 Å². The summed E-state index contributed by atoms with van der Waals surface area (Å²) in [6.07, 6.45) is 1.10. The standard InChI is InChI=1S/C11H15ClF2N2O2S/c1-15-4-2-3-5-19(17,18)16-11-9(12)6-8(13)7-10(11)14/h6-7,15-16H,2-5H2,1H3. The Labute approximate surface area is 116 Å². The van der Waals surface area contributed by atoms with Crippen molar-refractivity contribution in [1.82, 2.24) is 5.32 Å². The minimum atomic E-state index is -3.70. The fraction of sp³-hybridized carbons (Fsp3) is 0.455. The Bertz CT molecular complexity index is 514. The summed E-state index contributed by atoms with van der Waals surface area (Å²) in [4.78, 5) is 0. The van der Waals surface area contributed by atoms with Crippen LogP contribution < -0.4 is 10.0 Å². The number of rotatable bonds is 7. The molecule has 0 saturated carbocycles. The van der Waals surface area contributed by atoms with Crippen molar-refractivity contribution in [1.29, 1.82) is 0 Å². The first-order chi connectivity index (χ1) is 8.85. The van der Waals surface area contributed by atoms with Crippen LogP contribution in [0.5, 0.6) is 0 Å². The fourth-order valence-corrected chi connectivity index (χ4v) is 2.94. The molecule has 8 heteroatoms. The van der Waals surface area contributed by atoms with Gasteiger partial charge in [-0.1, -0.05) is 11.6 Å². The van der Waals surface area contributed by atoms with Crippen LogP contribution in [0.1, 0.15) is 12.8 Å². The lowest BCUT2D eigenvalue weighted by atomic mass is 10.3. The van der Waals surface area contributed by atoms with Gasteiger partial charge in [0.05, 0.1) is 10.8 Å². The van der Waals surface area contributed by atoms with Gasteiger partial charge < -0.3 is 5.32 Å². The zero-order chi connectivity index (χ0) is 14.5. The van der Waals surface area contributed by atoms with Crippen molar-refractivity contribution in [2.45, 2.75) is 12.8 Å². The van der Waals surface area contributed by atoms with Crippen molar-refractivity contribution >= 4 is 27.3 Å². The Morgan fingerprint density at radius 3 is 2.53 bits per heavy atom. The molecule has 0 spiro atoms. The predicted molar refractivity (Wildman–Crippen MR) is 71.9 cm³/mol. The molecule has 0 aliphatic carbocycles. The minimum absolute atomic E-state index is 0.151. The van der Waals surface area contributed by atoms with Gasteiger partial charge in [-0.25, -0.2) is 17.2 Å². The van der Waals surface area contributed by atoms with E-state index in [0.717, 1.165) is 6.07 Å². The summed E-state index contributed by atoms with van der Waals surface area (Å²) < 4.78 is 51.7. The predicted octanol–water partition coefficient (Wildman–Crippen LogP) is 2.36. The number of nitrogens with one attached hydrogen (secondary N) is 2. The van der Waals surface area contributed by atoms with Crippen LogP contribution in [0.25, 0.3) is 0 Å². The van der Waals surface area contributed by atoms with Gasteiger partial charge in [-0.05, 0) is 32.5 Å². The van der Waals surface area contributed by atoms with Crippen LogP contribution in [-0.2, 0) is 10.0 Å². The quantitative estimate of drug-likeness (QED) is 0.760. The number of hydrogen-bond donors (Lipinski definition) is 2. The number of halogens is 3. The van der Waals surface area contributed by atoms with Crippen LogP contribution >= 0.6 is 11.6 Å². The number of sulfonamides is 1. The van der Waals surface area contributed by atoms with Crippen LogP contribution in [0.15, 0.2) is 12.1 Å². The third kappa shape index (κ3) is 5.30. The lowest BCUT2D eigenvalue weighted by Gasteiger charge is -2.10. The Morgan fingerprint density at radius 1 is 1.26 bits per heavy atom. The maximum Gasteiger partial charge on any atom is 0.232 e. The molecule has 0 unspecified atom stereocenters. The van der Waals surface area contributed by atoms with E-state index in [-0.39, 0.29) is 10.8 Å². The van der Waals surface area contributed by atoms with Crippen molar-refractivity contribution in [3.8, 4) is 0 Å². The molecule has 108 valence electrons. The maximum absolute atomic E-state index is 13.4. The lowest BCUT2D eigenvalue weighted by Crippen LogP contribution is -2.19. The van der Waals surface area contributed by atoms with Crippen molar-refractivity contribution in [3.63, 3.8) is 0 Å². The zero-order valence-corrected chi connectivity index (χ0v) is 11.9. The van der Waals surface area contributed by atoms with E-state index in [1.807, 2.05) is 4.72 Å². The summed E-state index contributed by atoms with van der Waals surface area (Å²) in [6, 6.07) is 1.42. The van der Waals surface area contributed by atoms with Gasteiger partial charge >= 0.3 is 0 Å². The fourth-order valence-electron chi connectivity index (χ4n) is 1.44. The second-order valence-electron chi connectivity index (χ2n) is 3.98. The molecule has 0 fully saturated rings. The van der Waals surface area contributed by atoms with E-state index in [0.29, 0.717) is 25.5 Å². The highest BCUT2D eigenvalue weighted by atomic mass is 35.5. The van der Waals surface area contributed by atoms with Gasteiger partial charge in [0.15, 0.2) is 5.82 Å². The van der Waals surface area contributed by atoms with Crippen LogP contribution in [0, 0.1) is 11.6 Å². The molecule has 0 aromatic heterocycles. The normalized spacial score (nSPS) is 11.6. The molecule has 0 amide bonds. The topological polar surface area (TPSA) is 58.2 Å². The van der Waals surface area contributed by atoms with Gasteiger partial charge in [-0.2, -0.15) is 0 Å². The second-order valence-corrected chi connectivity index (χ2v) is 6.23. The van der Waals surface area contributed by atoms with Gasteiger partial charge in [0.1, 0.15) is 11.5 Å². The molecule has 1 rings (SSSR count). The Morgan fingerprint density at radius 2 is 1.95 bits per heavy atom. The van der Waals surface area contributed by atoms with E-state index in [1.165, 1.54) is 0 Å². The van der Waals surface area contributed by atoms with Gasteiger partial charge in [0, 0.05) is 6.07 Å². The molecule has 0 aliphatic heterocycles. The highest BCUT2D eigenvalue weighted by molar-refractivity contribution is 7.92. The first-order valence-corrected chi connectivity index (χ1v) is 7.68. The molecule has 0 atom stereocenters. The third-order valence-electron chi connectivity index (χ3n) is 2.35. The smallest absolute Gasteiger partial charge is 0.232 e. The summed E-state index contributed by atoms with van der Waals surface area (Å²) in [5.74, 6) is -2.05. The highest BCUT2D eigenvalue weighted by Gasteiger charge is 2.16. The maximum atomic E-state index is 13.4. The van der Waals surface area contributed by atoms with Gasteiger partial charge in [-0.3, -0.25) is 4.72 Å². The molecular weight excluding hydrogens is 298 g/mol. The number of benzene rings is 1. The molecule has 4 nitrogen and oxygen atoms in total. The van der Waals surface area contributed by atoms with Gasteiger partial charge in [0.25, 0.3) is 0 Å². The second kappa shape index (κ2) is 7.02. The van der Waals surface area contributed by atoms with E-state index in [9.17, 15) is 17.2 Å². The van der Waals surface area contributed by atoms with Crippen molar-refractivity contribution < 1.29 is 17.2 Å². The Hall–Kier alpha value is -0.920. The van der Waals surface area contributed by atoms with E-state index in [1.54, 1.807) is 7.05 Å². The Balaban J connectivity index is 2.73. The molecule has 1 aromatic carbocycles. The summed E-state index contributed by atoms with van der Waals surface area (Å²) in [6.45, 7) is 0.696. The molecule has 0 aliphatic rings. The molecular formula is C11H15ClF2N2O2S. The van der Waals surface area contributed by atoms with Crippen LogP contribution in [0.4, 0.5) is 14.5 Å². The summed E-state index contributed by atoms with van der Waals surface area (Å²) >= 11 is 5.61. The lowest BCUT2D eigenvalue weighted by molar-refractivity contribution is 0.581. The first kappa shape index (κ1) is 16.1. The summed E-state index contributed by atoms with van der Waals surface area (Å²) in [7, 11) is -1.93. The van der Waals surface area contributed by atoms with E-state index in [2.05, 4.69) is 5.32 Å². The SMILES string of the molecule is CNCCCCS(=O)(=O)Nc1c(F)cc(F)cc1Cl. The average Bonchev–Trinajstić information content (AvgIpc) is 2.29. The zero-order valence-electron chi connectivity index (χ0n) is 10.3. The average molecular weight is 313 g/mol. The molecule has 2 N–H and O–H groups in total. The molecule has 19 heavy (non-hydrogen) atoms. The monoisotopic (exact) mass is 312 g/mol. The first-order valence-electron chi connectivity index (χ1n) is 5.65. The number of anilines is 1. The molecule has 0 heterocycles. The minimum Gasteiger partial charge on any atom is -0.320 e. The summed E-state index contributed by atoms with van der Waals surface area (Å²) in [5.41, 5.74) is -0.420. The third-order valence-corrected chi connectivity index (χ3v) is 3.99. The van der Waals surface area contributed by atoms with Crippen LogP contribution in [0.3, 0.4) is 0 Å². The largest absolute Gasteiger partial charge is 0.320 e. The van der Waals surface area contributed by atoms with Gasteiger partial charge in [-0.15, -0.1) is 0 Å². The molecule has 0 radical (unpaired) electrons. The molecule has 0 bridgehead atoms. The van der Waals surface area contributed by atoms with Crippen LogP contribution in [0.2, 0.25) is 5.02 Å². The van der Waals surface area contributed by atoms with E-state index >= 15 is 0 Å².